The van der Waals surface area contributed by atoms with E-state index < -0.39 is 0 Å². The molecule has 0 unspecified atom stereocenters. The van der Waals surface area contributed by atoms with Crippen molar-refractivity contribution in [2.45, 2.75) is 5.03 Å². The van der Waals surface area contributed by atoms with Crippen molar-refractivity contribution in [1.82, 2.24) is 9.97 Å². The maximum absolute atomic E-state index is 13.2. The van der Waals surface area contributed by atoms with Gasteiger partial charge in [-0.1, -0.05) is 36.0 Å². The van der Waals surface area contributed by atoms with Gasteiger partial charge in [0.15, 0.2) is 0 Å². The minimum atomic E-state index is -0.285. The van der Waals surface area contributed by atoms with E-state index in [0.717, 1.165) is 20.7 Å². The summed E-state index contributed by atoms with van der Waals surface area (Å²) in [6, 6.07) is 15.5. The molecule has 6 nitrogen and oxygen atoms in total. The van der Waals surface area contributed by atoms with Crippen LogP contribution in [0.3, 0.4) is 0 Å². The molecule has 0 fully saturated rings. The average Bonchev–Trinajstić information content (AvgIpc) is 3.22. The zero-order chi connectivity index (χ0) is 21.4. The molecule has 0 saturated carbocycles. The fourth-order valence-corrected chi connectivity index (χ4v) is 5.43. The Hall–Kier alpha value is -3.30. The molecule has 0 atom stereocenters. The van der Waals surface area contributed by atoms with E-state index in [9.17, 15) is 14.0 Å². The fourth-order valence-electron chi connectivity index (χ4n) is 3.36. The van der Waals surface area contributed by atoms with Gasteiger partial charge in [0.1, 0.15) is 23.7 Å². The van der Waals surface area contributed by atoms with Crippen LogP contribution in [0.1, 0.15) is 0 Å². The van der Waals surface area contributed by atoms with Gasteiger partial charge in [-0.25, -0.2) is 14.4 Å². The van der Waals surface area contributed by atoms with Crippen molar-refractivity contribution in [3.63, 3.8) is 0 Å². The van der Waals surface area contributed by atoms with Crippen LogP contribution in [0.25, 0.3) is 20.7 Å². The number of thioether (sulfide) groups is 1. The Bertz CT molecular complexity index is 1310. The molecule has 9 heteroatoms. The second-order valence-electron chi connectivity index (χ2n) is 6.84. The molecule has 0 spiro atoms. The third-order valence-electron chi connectivity index (χ3n) is 4.81. The van der Waals surface area contributed by atoms with E-state index in [4.69, 9.17) is 0 Å². The number of hydrogen-bond donors (Lipinski definition) is 1. The summed E-state index contributed by atoms with van der Waals surface area (Å²) in [5, 5.41) is 3.48. The third kappa shape index (κ3) is 3.89. The molecular formula is C22H15FN4O2S2. The first-order valence-corrected chi connectivity index (χ1v) is 11.2. The molecular weight excluding hydrogens is 435 g/mol. The average molecular weight is 451 g/mol. The van der Waals surface area contributed by atoms with Crippen LogP contribution in [0.4, 0.5) is 15.8 Å². The zero-order valence-corrected chi connectivity index (χ0v) is 17.7. The van der Waals surface area contributed by atoms with Crippen LogP contribution >= 0.6 is 23.1 Å². The number of thiophene rings is 1. The first kappa shape index (κ1) is 19.7. The number of carbonyl (C=O) groups is 2. The molecule has 0 radical (unpaired) electrons. The first-order valence-electron chi connectivity index (χ1n) is 9.41. The quantitative estimate of drug-likeness (QED) is 0.364. The molecule has 4 aromatic rings. The van der Waals surface area contributed by atoms with Gasteiger partial charge in [-0.3, -0.25) is 9.59 Å². The van der Waals surface area contributed by atoms with Crippen molar-refractivity contribution in [3.05, 3.63) is 66.7 Å². The molecule has 5 rings (SSSR count). The minimum Gasteiger partial charge on any atom is -0.323 e. The Labute approximate surface area is 185 Å². The second-order valence-corrected chi connectivity index (χ2v) is 8.86. The van der Waals surface area contributed by atoms with Crippen molar-refractivity contribution in [3.8, 4) is 10.4 Å². The number of para-hydroxylation sites is 2. The fraction of sp³-hybridized carbons (Fsp3) is 0.0909. The molecule has 0 bridgehead atoms. The summed E-state index contributed by atoms with van der Waals surface area (Å²) < 4.78 is 14.1. The Morgan fingerprint density at radius 3 is 2.81 bits per heavy atom. The number of nitrogens with one attached hydrogen (secondary N) is 1. The maximum Gasteiger partial charge on any atom is 0.244 e. The molecule has 2 amide bonds. The van der Waals surface area contributed by atoms with Crippen LogP contribution in [0.15, 0.2) is 66.0 Å². The topological polar surface area (TPSA) is 75.2 Å². The first-order chi connectivity index (χ1) is 15.1. The summed E-state index contributed by atoms with van der Waals surface area (Å²) in [6.45, 7) is -0.0106. The maximum atomic E-state index is 13.2. The Morgan fingerprint density at radius 1 is 1.16 bits per heavy atom. The van der Waals surface area contributed by atoms with E-state index >= 15 is 0 Å². The van der Waals surface area contributed by atoms with Gasteiger partial charge in [-0.15, -0.1) is 11.3 Å². The standard InChI is InChI=1S/C22H15FN4O2S2/c23-14-7-5-13(6-8-14)18-9-16-21(31-18)22(25-12-24-16)30-11-20(29)27-10-19(28)26-15-3-1-2-4-17(15)27/h1-9,12H,10-11H2,(H,26,28). The minimum absolute atomic E-state index is 0.0106. The number of aromatic nitrogens is 2. The van der Waals surface area contributed by atoms with Gasteiger partial charge in [0.2, 0.25) is 11.8 Å². The number of rotatable bonds is 4. The molecule has 1 aliphatic heterocycles. The second kappa shape index (κ2) is 8.09. The van der Waals surface area contributed by atoms with Crippen LogP contribution in [-0.4, -0.2) is 34.1 Å². The lowest BCUT2D eigenvalue weighted by molar-refractivity contribution is -0.120. The molecule has 3 heterocycles. The normalized spacial score (nSPS) is 13.2. The van der Waals surface area contributed by atoms with Gasteiger partial charge >= 0.3 is 0 Å². The highest BCUT2D eigenvalue weighted by atomic mass is 32.2. The van der Waals surface area contributed by atoms with Crippen molar-refractivity contribution in [1.29, 1.82) is 0 Å². The van der Waals surface area contributed by atoms with Crippen LogP contribution in [0.2, 0.25) is 0 Å². The number of carbonyl (C=O) groups excluding carboxylic acids is 2. The van der Waals surface area contributed by atoms with Crippen molar-refractivity contribution in [2.24, 2.45) is 0 Å². The summed E-state index contributed by atoms with van der Waals surface area (Å²) in [7, 11) is 0. The molecule has 0 saturated heterocycles. The Balaban J connectivity index is 1.38. The van der Waals surface area contributed by atoms with Crippen LogP contribution < -0.4 is 10.2 Å². The van der Waals surface area contributed by atoms with Crippen molar-refractivity contribution >= 4 is 56.5 Å². The summed E-state index contributed by atoms with van der Waals surface area (Å²) >= 11 is 2.82. The Morgan fingerprint density at radius 2 is 1.97 bits per heavy atom. The largest absolute Gasteiger partial charge is 0.323 e. The summed E-state index contributed by atoms with van der Waals surface area (Å²) in [4.78, 5) is 36.0. The zero-order valence-electron chi connectivity index (χ0n) is 16.0. The highest BCUT2D eigenvalue weighted by Crippen LogP contribution is 2.37. The number of anilines is 2. The lowest BCUT2D eigenvalue weighted by atomic mass is 10.2. The van der Waals surface area contributed by atoms with Crippen molar-refractivity contribution in [2.75, 3.05) is 22.5 Å². The molecule has 2 aromatic carbocycles. The molecule has 1 N–H and O–H groups in total. The molecule has 154 valence electrons. The lowest BCUT2D eigenvalue weighted by Crippen LogP contribution is -2.43. The van der Waals surface area contributed by atoms with Gasteiger partial charge in [0, 0.05) is 4.88 Å². The predicted octanol–water partition coefficient (Wildman–Crippen LogP) is 4.57. The SMILES string of the molecule is O=C1CN(C(=O)CSc2ncnc3cc(-c4ccc(F)cc4)sc23)c2ccccc2N1. The number of nitrogens with zero attached hydrogens (tertiary/aromatic N) is 3. The van der Waals surface area contributed by atoms with E-state index in [2.05, 4.69) is 15.3 Å². The number of amides is 2. The van der Waals surface area contributed by atoms with E-state index in [1.54, 1.807) is 18.2 Å². The van der Waals surface area contributed by atoms with Gasteiger partial charge < -0.3 is 10.2 Å². The number of hydrogen-bond acceptors (Lipinski definition) is 6. The van der Waals surface area contributed by atoms with Crippen LogP contribution in [-0.2, 0) is 9.59 Å². The smallest absolute Gasteiger partial charge is 0.244 e. The van der Waals surface area contributed by atoms with Gasteiger partial charge in [0.25, 0.3) is 0 Å². The van der Waals surface area contributed by atoms with E-state index in [0.29, 0.717) is 16.4 Å². The molecule has 2 aromatic heterocycles. The molecule has 0 aliphatic carbocycles. The monoisotopic (exact) mass is 450 g/mol. The van der Waals surface area contributed by atoms with Gasteiger partial charge in [-0.2, -0.15) is 0 Å². The Kier molecular flexibility index (Phi) is 5.13. The van der Waals surface area contributed by atoms with Gasteiger partial charge in [-0.05, 0) is 35.9 Å². The highest BCUT2D eigenvalue weighted by Gasteiger charge is 2.26. The highest BCUT2D eigenvalue weighted by molar-refractivity contribution is 8.00. The van der Waals surface area contributed by atoms with E-state index in [1.165, 1.54) is 46.5 Å². The number of halogens is 1. The number of fused-ring (bicyclic) bond motifs is 2. The summed E-state index contributed by atoms with van der Waals surface area (Å²) in [5.74, 6) is -0.539. The summed E-state index contributed by atoms with van der Waals surface area (Å²) in [5.41, 5.74) is 2.99. The van der Waals surface area contributed by atoms with Crippen LogP contribution in [0.5, 0.6) is 0 Å². The number of benzene rings is 2. The van der Waals surface area contributed by atoms with Gasteiger partial charge in [0.05, 0.1) is 27.3 Å². The van der Waals surface area contributed by atoms with E-state index in [-0.39, 0.29) is 29.9 Å². The lowest BCUT2D eigenvalue weighted by Gasteiger charge is -2.29. The molecule has 31 heavy (non-hydrogen) atoms. The van der Waals surface area contributed by atoms with E-state index in [1.807, 2.05) is 24.3 Å². The predicted molar refractivity (Wildman–Crippen MR) is 121 cm³/mol. The third-order valence-corrected chi connectivity index (χ3v) is 7.09. The summed E-state index contributed by atoms with van der Waals surface area (Å²) in [6.07, 6.45) is 1.47. The van der Waals surface area contributed by atoms with Crippen LogP contribution in [0, 0.1) is 5.82 Å². The molecule has 1 aliphatic rings. The van der Waals surface area contributed by atoms with Crippen molar-refractivity contribution < 1.29 is 14.0 Å².